The molecule has 0 N–H and O–H groups in total. The van der Waals surface area contributed by atoms with E-state index in [1.807, 2.05) is 25.9 Å². The molecule has 0 bridgehead atoms. The van der Waals surface area contributed by atoms with E-state index >= 15 is 0 Å². The summed E-state index contributed by atoms with van der Waals surface area (Å²) in [6.45, 7) is 2.35. The quantitative estimate of drug-likeness (QED) is 0.615. The molecule has 11 heavy (non-hydrogen) atoms. The van der Waals surface area contributed by atoms with Crippen LogP contribution in [0.25, 0.3) is 0 Å². The van der Waals surface area contributed by atoms with Crippen molar-refractivity contribution in [3.63, 3.8) is 0 Å². The van der Waals surface area contributed by atoms with Crippen LogP contribution in [0.3, 0.4) is 0 Å². The third-order valence-electron chi connectivity index (χ3n) is 2.51. The van der Waals surface area contributed by atoms with Gasteiger partial charge in [0.1, 0.15) is 0 Å². The van der Waals surface area contributed by atoms with Crippen molar-refractivity contribution in [1.29, 1.82) is 0 Å². The van der Waals surface area contributed by atoms with Gasteiger partial charge >= 0.3 is 0 Å². The second-order valence-electron chi connectivity index (χ2n) is 3.75. The Hall–Kier alpha value is -0.180. The molecule has 1 fully saturated rings. The predicted molar refractivity (Wildman–Crippen MR) is 40.8 cm³/mol. The maximum absolute atomic E-state index is 12.8. The van der Waals surface area contributed by atoms with E-state index in [1.165, 1.54) is 0 Å². The fraction of sp³-hybridized carbons (Fsp3) is 1.00. The Morgan fingerprint density at radius 3 is 1.91 bits per heavy atom. The lowest BCUT2D eigenvalue weighted by atomic mass is 10.0. The average Bonchev–Trinajstić information content (AvgIpc) is 2.33. The summed E-state index contributed by atoms with van der Waals surface area (Å²) in [5.74, 6) is -2.40. The first kappa shape index (κ1) is 8.91. The van der Waals surface area contributed by atoms with Crippen LogP contribution in [0.2, 0.25) is 0 Å². The Morgan fingerprint density at radius 2 is 1.82 bits per heavy atom. The highest BCUT2D eigenvalue weighted by Gasteiger charge is 2.69. The van der Waals surface area contributed by atoms with Crippen LogP contribution in [-0.2, 0) is 0 Å². The summed E-state index contributed by atoms with van der Waals surface area (Å²) >= 11 is 0. The largest absolute Gasteiger partial charge is 0.309 e. The van der Waals surface area contributed by atoms with Crippen molar-refractivity contribution < 1.29 is 8.78 Å². The molecule has 1 rings (SSSR count). The van der Waals surface area contributed by atoms with Crippen molar-refractivity contribution in [2.75, 3.05) is 20.6 Å². The van der Waals surface area contributed by atoms with Gasteiger partial charge in [0, 0.05) is 13.0 Å². The zero-order chi connectivity index (χ0) is 8.70. The molecule has 0 radical (unpaired) electrons. The zero-order valence-corrected chi connectivity index (χ0v) is 7.32. The van der Waals surface area contributed by atoms with Gasteiger partial charge in [0.05, 0.1) is 5.41 Å². The summed E-state index contributed by atoms with van der Waals surface area (Å²) in [6.07, 6.45) is 0.660. The second kappa shape index (κ2) is 2.41. The van der Waals surface area contributed by atoms with Gasteiger partial charge in [-0.25, -0.2) is 8.78 Å². The predicted octanol–water partition coefficient (Wildman–Crippen LogP) is 1.98. The van der Waals surface area contributed by atoms with E-state index in [2.05, 4.69) is 0 Å². The molecule has 66 valence electrons. The summed E-state index contributed by atoms with van der Waals surface area (Å²) in [5.41, 5.74) is -0.698. The topological polar surface area (TPSA) is 3.24 Å². The van der Waals surface area contributed by atoms with Gasteiger partial charge in [0.15, 0.2) is 0 Å². The van der Waals surface area contributed by atoms with Crippen molar-refractivity contribution in [3.05, 3.63) is 0 Å². The Balaban J connectivity index is 2.53. The highest BCUT2D eigenvalue weighted by Crippen LogP contribution is 2.62. The van der Waals surface area contributed by atoms with Crippen molar-refractivity contribution in [2.45, 2.75) is 25.7 Å². The number of hydrogen-bond acceptors (Lipinski definition) is 1. The Labute approximate surface area is 66.4 Å². The molecular weight excluding hydrogens is 148 g/mol. The SMILES string of the molecule is CCC1(CN(C)C)CC1(F)F. The molecule has 1 unspecified atom stereocenters. The number of hydrogen-bond donors (Lipinski definition) is 0. The first-order valence-electron chi connectivity index (χ1n) is 3.96. The normalized spacial score (nSPS) is 34.4. The molecule has 1 aliphatic carbocycles. The van der Waals surface area contributed by atoms with Gasteiger partial charge in [-0.1, -0.05) is 6.92 Å². The van der Waals surface area contributed by atoms with Crippen LogP contribution < -0.4 is 0 Å². The zero-order valence-electron chi connectivity index (χ0n) is 7.32. The molecule has 1 saturated carbocycles. The Bertz CT molecular complexity index is 156. The molecule has 1 atom stereocenters. The van der Waals surface area contributed by atoms with Crippen LogP contribution in [0.4, 0.5) is 8.78 Å². The Morgan fingerprint density at radius 1 is 1.36 bits per heavy atom. The molecule has 0 spiro atoms. The molecule has 0 heterocycles. The minimum absolute atomic E-state index is 0.0781. The lowest BCUT2D eigenvalue weighted by molar-refractivity contribution is 0.0511. The van der Waals surface area contributed by atoms with Crippen LogP contribution in [-0.4, -0.2) is 31.5 Å². The van der Waals surface area contributed by atoms with E-state index < -0.39 is 11.3 Å². The van der Waals surface area contributed by atoms with E-state index in [9.17, 15) is 8.78 Å². The van der Waals surface area contributed by atoms with Gasteiger partial charge in [0.2, 0.25) is 0 Å². The lowest BCUT2D eigenvalue weighted by Gasteiger charge is -2.18. The number of halogens is 2. The fourth-order valence-electron chi connectivity index (χ4n) is 1.65. The van der Waals surface area contributed by atoms with Gasteiger partial charge in [-0.2, -0.15) is 0 Å². The molecule has 0 saturated heterocycles. The summed E-state index contributed by atoms with van der Waals surface area (Å²) in [7, 11) is 3.68. The van der Waals surface area contributed by atoms with Gasteiger partial charge < -0.3 is 4.90 Å². The standard InChI is InChI=1S/C8H15F2N/c1-4-7(6-11(2)3)5-8(7,9)10/h4-6H2,1-3H3. The highest BCUT2D eigenvalue weighted by molar-refractivity contribution is 5.10. The molecule has 3 heteroatoms. The van der Waals surface area contributed by atoms with E-state index in [4.69, 9.17) is 0 Å². The third kappa shape index (κ3) is 1.39. The molecule has 0 amide bonds. The van der Waals surface area contributed by atoms with Gasteiger partial charge in [0.25, 0.3) is 5.92 Å². The van der Waals surface area contributed by atoms with Crippen molar-refractivity contribution in [2.24, 2.45) is 5.41 Å². The second-order valence-corrected chi connectivity index (χ2v) is 3.75. The lowest BCUT2D eigenvalue weighted by Crippen LogP contribution is -2.26. The monoisotopic (exact) mass is 163 g/mol. The van der Waals surface area contributed by atoms with Crippen LogP contribution in [0.5, 0.6) is 0 Å². The van der Waals surface area contributed by atoms with Crippen molar-refractivity contribution >= 4 is 0 Å². The van der Waals surface area contributed by atoms with Crippen LogP contribution >= 0.6 is 0 Å². The molecule has 1 aliphatic rings. The highest BCUT2D eigenvalue weighted by atomic mass is 19.3. The molecule has 1 nitrogen and oxygen atoms in total. The van der Waals surface area contributed by atoms with E-state index in [0.717, 1.165) is 0 Å². The minimum atomic E-state index is -2.40. The molecule has 0 aliphatic heterocycles. The summed E-state index contributed by atoms with van der Waals surface area (Å²) in [5, 5.41) is 0. The summed E-state index contributed by atoms with van der Waals surface area (Å²) < 4.78 is 25.6. The first-order valence-corrected chi connectivity index (χ1v) is 3.96. The van der Waals surface area contributed by atoms with Crippen LogP contribution in [0.1, 0.15) is 19.8 Å². The van der Waals surface area contributed by atoms with Crippen LogP contribution in [0.15, 0.2) is 0 Å². The van der Waals surface area contributed by atoms with E-state index in [-0.39, 0.29) is 6.42 Å². The molecule has 0 aromatic carbocycles. The van der Waals surface area contributed by atoms with Gasteiger partial charge in [-0.15, -0.1) is 0 Å². The fourth-order valence-corrected chi connectivity index (χ4v) is 1.65. The van der Waals surface area contributed by atoms with E-state index in [0.29, 0.717) is 13.0 Å². The number of nitrogens with zero attached hydrogens (tertiary/aromatic N) is 1. The average molecular weight is 163 g/mol. The molecular formula is C8H15F2N. The minimum Gasteiger partial charge on any atom is -0.309 e. The molecule has 0 aromatic heterocycles. The maximum atomic E-state index is 12.8. The Kier molecular flexibility index (Phi) is 1.95. The maximum Gasteiger partial charge on any atom is 0.255 e. The van der Waals surface area contributed by atoms with Crippen molar-refractivity contribution in [3.8, 4) is 0 Å². The summed E-state index contributed by atoms with van der Waals surface area (Å²) in [6, 6.07) is 0. The first-order chi connectivity index (χ1) is 4.93. The number of alkyl halides is 2. The number of rotatable bonds is 3. The van der Waals surface area contributed by atoms with Crippen LogP contribution in [0, 0.1) is 5.41 Å². The van der Waals surface area contributed by atoms with Gasteiger partial charge in [-0.3, -0.25) is 0 Å². The molecule has 0 aromatic rings. The smallest absolute Gasteiger partial charge is 0.255 e. The third-order valence-corrected chi connectivity index (χ3v) is 2.51. The van der Waals surface area contributed by atoms with Gasteiger partial charge in [-0.05, 0) is 20.5 Å². The van der Waals surface area contributed by atoms with Crippen molar-refractivity contribution in [1.82, 2.24) is 4.90 Å². The van der Waals surface area contributed by atoms with E-state index in [1.54, 1.807) is 0 Å². The summed E-state index contributed by atoms with van der Waals surface area (Å²) in [4.78, 5) is 1.84.